The molecule has 0 aromatic heterocycles. The number of benzene rings is 2. The Labute approximate surface area is 398 Å². The maximum atomic E-state index is 14.6. The molecule has 380 valence electrons. The monoisotopic (exact) mass is 946 g/mol. The van der Waals surface area contributed by atoms with Gasteiger partial charge in [-0.05, 0) is 104 Å². The molecular formula is C51H83N3O13. The van der Waals surface area contributed by atoms with Crippen LogP contribution in [0.25, 0.3) is 10.8 Å². The predicted octanol–water partition coefficient (Wildman–Crippen LogP) is 4.13. The lowest BCUT2D eigenvalue weighted by Crippen LogP contribution is -2.60. The third kappa shape index (κ3) is 12.9. The number of amides is 1. The minimum atomic E-state index is -1.95. The second-order valence-corrected chi connectivity index (χ2v) is 20.9. The van der Waals surface area contributed by atoms with E-state index in [2.05, 4.69) is 5.32 Å². The van der Waals surface area contributed by atoms with Crippen LogP contribution in [0.4, 0.5) is 0 Å². The number of cyclic esters (lactones) is 1. The molecule has 6 N–H and O–H groups in total. The first kappa shape index (κ1) is 55.1. The molecule has 0 radical (unpaired) electrons. The summed E-state index contributed by atoms with van der Waals surface area (Å²) in [5.41, 5.74) is -3.71. The first-order chi connectivity index (χ1) is 31.3. The van der Waals surface area contributed by atoms with Gasteiger partial charge in [0.25, 0.3) is 0 Å². The number of nitrogens with one attached hydrogen (secondary N) is 1. The van der Waals surface area contributed by atoms with Crippen LogP contribution >= 0.6 is 0 Å². The number of ether oxygens (including phenoxy) is 6. The van der Waals surface area contributed by atoms with Crippen LogP contribution < -0.4 is 5.32 Å². The van der Waals surface area contributed by atoms with Crippen molar-refractivity contribution >= 4 is 22.6 Å². The Kier molecular flexibility index (Phi) is 18.9. The molecule has 3 fully saturated rings. The normalized spacial score (nSPS) is 41.1. The first-order valence-electron chi connectivity index (χ1n) is 24.3. The summed E-state index contributed by atoms with van der Waals surface area (Å²) in [6.07, 6.45) is -9.14. The minimum Gasteiger partial charge on any atom is -0.459 e. The van der Waals surface area contributed by atoms with Crippen LogP contribution in [-0.4, -0.2) is 172 Å². The van der Waals surface area contributed by atoms with Crippen LogP contribution in [0.15, 0.2) is 42.5 Å². The van der Waals surface area contributed by atoms with Gasteiger partial charge in [-0.15, -0.1) is 0 Å². The summed E-state index contributed by atoms with van der Waals surface area (Å²) in [5, 5.41) is 65.2. The van der Waals surface area contributed by atoms with E-state index in [-0.39, 0.29) is 62.7 Å². The molecule has 3 aliphatic rings. The second kappa shape index (κ2) is 22.9. The van der Waals surface area contributed by atoms with Crippen LogP contribution in [0.1, 0.15) is 107 Å². The van der Waals surface area contributed by atoms with Crippen LogP contribution in [0.3, 0.4) is 0 Å². The van der Waals surface area contributed by atoms with Crippen molar-refractivity contribution in [2.24, 2.45) is 17.8 Å². The lowest BCUT2D eigenvalue weighted by atomic mass is 9.77. The molecule has 3 saturated heterocycles. The number of carbonyl (C=O) groups is 2. The van der Waals surface area contributed by atoms with Crippen LogP contribution in [0, 0.1) is 17.8 Å². The van der Waals surface area contributed by atoms with Crippen molar-refractivity contribution in [2.75, 3.05) is 34.3 Å². The minimum absolute atomic E-state index is 0.0711. The van der Waals surface area contributed by atoms with E-state index in [1.807, 2.05) is 80.2 Å². The van der Waals surface area contributed by atoms with E-state index in [1.165, 1.54) is 14.0 Å². The first-order valence-corrected chi connectivity index (χ1v) is 24.3. The Morgan fingerprint density at radius 1 is 0.925 bits per heavy atom. The van der Waals surface area contributed by atoms with Crippen molar-refractivity contribution in [1.29, 1.82) is 0 Å². The summed E-state index contributed by atoms with van der Waals surface area (Å²) < 4.78 is 38.1. The summed E-state index contributed by atoms with van der Waals surface area (Å²) in [4.78, 5) is 32.0. The zero-order chi connectivity index (χ0) is 49.8. The van der Waals surface area contributed by atoms with E-state index < -0.39 is 96.0 Å². The van der Waals surface area contributed by atoms with Gasteiger partial charge < -0.3 is 64.2 Å². The number of nitrogens with zero attached hydrogens (tertiary/aromatic N) is 2. The highest BCUT2D eigenvalue weighted by Crippen LogP contribution is 2.40. The number of methoxy groups -OCH3 is 1. The molecule has 18 atom stereocenters. The molecule has 0 aliphatic carbocycles. The lowest BCUT2D eigenvalue weighted by molar-refractivity contribution is -0.318. The van der Waals surface area contributed by atoms with E-state index in [0.29, 0.717) is 13.0 Å². The summed E-state index contributed by atoms with van der Waals surface area (Å²) in [7, 11) is 5.25. The van der Waals surface area contributed by atoms with Gasteiger partial charge in [-0.2, -0.15) is 0 Å². The van der Waals surface area contributed by atoms with Crippen LogP contribution in [-0.2, 0) is 44.6 Å². The van der Waals surface area contributed by atoms with E-state index in [4.69, 9.17) is 28.4 Å². The highest BCUT2D eigenvalue weighted by Gasteiger charge is 2.53. The van der Waals surface area contributed by atoms with E-state index in [9.17, 15) is 35.1 Å². The average Bonchev–Trinajstić information content (AvgIpc) is 3.27. The van der Waals surface area contributed by atoms with Gasteiger partial charge in [-0.1, -0.05) is 63.2 Å². The molecule has 0 spiro atoms. The highest BCUT2D eigenvalue weighted by atomic mass is 16.7. The fourth-order valence-corrected chi connectivity index (χ4v) is 10.9. The number of hydrogen-bond donors (Lipinski definition) is 6. The Morgan fingerprint density at radius 2 is 1.60 bits per heavy atom. The maximum Gasteiger partial charge on any atom is 0.311 e. The van der Waals surface area contributed by atoms with Crippen LogP contribution in [0.5, 0.6) is 0 Å². The third-order valence-corrected chi connectivity index (χ3v) is 15.0. The SMILES string of the molecule is CC[C@H]1OC(=O)[C@H](C)[C@@H](O[C@H]2C[C@@](C)(OC)[C@@H](O)[C@H](C)O2)[C@H](C)[C@@H](O[C@@H]2O[C@H](C)C[C@H](N(C)C)[C@H]2O)[C@](C)(O)C[C@@H](C)CN(CCC(=O)NCc2cccc3ccccc23)[C@H](C)[C@@H](O)[C@]1(C)O. The molecule has 1 amide bonds. The Bertz CT molecular complexity index is 1910. The Hall–Kier alpha value is -2.84. The number of likely N-dealkylation sites (N-methyl/N-ethyl adjacent to an activating group) is 1. The summed E-state index contributed by atoms with van der Waals surface area (Å²) >= 11 is 0. The number of rotatable bonds is 12. The molecule has 0 unspecified atom stereocenters. The smallest absolute Gasteiger partial charge is 0.311 e. The Morgan fingerprint density at radius 3 is 2.25 bits per heavy atom. The van der Waals surface area contributed by atoms with Gasteiger partial charge in [0.1, 0.15) is 30.0 Å². The van der Waals surface area contributed by atoms with Crippen molar-refractivity contribution in [3.05, 3.63) is 48.0 Å². The molecular weight excluding hydrogens is 863 g/mol. The molecule has 16 heteroatoms. The summed E-state index contributed by atoms with van der Waals surface area (Å²) in [6, 6.07) is 12.9. The van der Waals surface area contributed by atoms with Gasteiger partial charge in [-0.25, -0.2) is 0 Å². The van der Waals surface area contributed by atoms with Crippen molar-refractivity contribution in [3.63, 3.8) is 0 Å². The molecule has 16 nitrogen and oxygen atoms in total. The molecule has 3 heterocycles. The maximum absolute atomic E-state index is 14.6. The number of hydrogen-bond acceptors (Lipinski definition) is 15. The molecule has 0 bridgehead atoms. The molecule has 5 rings (SSSR count). The highest BCUT2D eigenvalue weighted by molar-refractivity contribution is 5.86. The van der Waals surface area contributed by atoms with E-state index in [1.54, 1.807) is 48.5 Å². The number of esters is 1. The van der Waals surface area contributed by atoms with Gasteiger partial charge >= 0.3 is 5.97 Å². The van der Waals surface area contributed by atoms with E-state index in [0.717, 1.165) is 16.3 Å². The van der Waals surface area contributed by atoms with E-state index >= 15 is 0 Å². The average molecular weight is 946 g/mol. The largest absolute Gasteiger partial charge is 0.459 e. The van der Waals surface area contributed by atoms with Gasteiger partial charge in [0.05, 0.1) is 41.5 Å². The van der Waals surface area contributed by atoms with Crippen molar-refractivity contribution in [2.45, 2.75) is 198 Å². The standard InChI is InChI=1S/C51H83N3O13/c1-14-39-51(10,61)44(57)33(6)54(23-22-40(55)52-27-36-20-17-19-35-18-15-16-21-37(35)36)28-29(2)25-49(8,60)46(67-48-42(56)38(53(11)12)24-30(3)63-48)31(4)43(32(5)47(59)65-39)66-41-26-50(9,62-13)45(58)34(7)64-41/h15-21,29-34,38-39,41-46,48,56-58,60-61H,14,22-28H2,1-13H3,(H,52,55)/t29-,30-,31+,32-,33-,34+,38+,39-,41+,42-,43+,44-,45+,46-,48+,49-,50-,51-/m1/s1. The zero-order valence-corrected chi connectivity index (χ0v) is 42.3. The molecule has 2 aromatic rings. The van der Waals surface area contributed by atoms with Crippen LogP contribution in [0.2, 0.25) is 0 Å². The molecule has 67 heavy (non-hydrogen) atoms. The molecule has 3 aliphatic heterocycles. The number of aliphatic hydroxyl groups excluding tert-OH is 3. The van der Waals surface area contributed by atoms with Gasteiger partial charge in [0.15, 0.2) is 12.6 Å². The summed E-state index contributed by atoms with van der Waals surface area (Å²) in [5.74, 6) is -3.16. The Balaban J connectivity index is 1.52. The van der Waals surface area contributed by atoms with Crippen molar-refractivity contribution < 1.29 is 63.5 Å². The second-order valence-electron chi connectivity index (χ2n) is 20.9. The predicted molar refractivity (Wildman–Crippen MR) is 254 cm³/mol. The topological polar surface area (TPSA) is 209 Å². The lowest BCUT2D eigenvalue weighted by Gasteiger charge is -2.48. The van der Waals surface area contributed by atoms with Gasteiger partial charge in [-0.3, -0.25) is 14.5 Å². The summed E-state index contributed by atoms with van der Waals surface area (Å²) in [6.45, 7) is 18.2. The zero-order valence-electron chi connectivity index (χ0n) is 42.3. The van der Waals surface area contributed by atoms with Crippen molar-refractivity contribution in [1.82, 2.24) is 15.1 Å². The molecule has 0 saturated carbocycles. The van der Waals surface area contributed by atoms with Crippen molar-refractivity contribution in [3.8, 4) is 0 Å². The molecule has 2 aromatic carbocycles. The third-order valence-electron chi connectivity index (χ3n) is 15.0. The quantitative estimate of drug-likeness (QED) is 0.166. The fraction of sp³-hybridized carbons (Fsp3) is 0.765. The number of fused-ring (bicyclic) bond motifs is 1. The number of carbonyl (C=O) groups excluding carboxylic acids is 2. The fourth-order valence-electron chi connectivity index (χ4n) is 10.9. The number of aliphatic hydroxyl groups is 5. The van der Waals surface area contributed by atoms with Gasteiger partial charge in [0.2, 0.25) is 5.91 Å². The van der Waals surface area contributed by atoms with Gasteiger partial charge in [0, 0.05) is 57.6 Å².